The molecule has 0 fully saturated rings. The van der Waals surface area contributed by atoms with E-state index in [1.165, 1.54) is 71.6 Å². The molecule has 0 heterocycles. The third-order valence-corrected chi connectivity index (χ3v) is 5.53. The molecule has 0 saturated heterocycles. The molecule has 168 valence electrons. The Bertz CT molecular complexity index is 389. The first-order chi connectivity index (χ1) is 12.9. The number of carbonyl (C=O) groups is 1. The van der Waals surface area contributed by atoms with Crippen LogP contribution in [0.1, 0.15) is 111 Å². The summed E-state index contributed by atoms with van der Waals surface area (Å²) in [7, 11) is 0. The number of halogens is 1. The lowest BCUT2D eigenvalue weighted by Crippen LogP contribution is -2.63. The van der Waals surface area contributed by atoms with E-state index in [-0.39, 0.29) is 18.2 Å². The fourth-order valence-corrected chi connectivity index (χ4v) is 3.39. The second-order valence-corrected chi connectivity index (χ2v) is 8.04. The molecule has 0 radical (unpaired) electrons. The molecule has 5 heteroatoms. The molecule has 0 aromatic heterocycles. The molecule has 4 N–H and O–H groups in total. The summed E-state index contributed by atoms with van der Waals surface area (Å²) in [4.78, 5) is 12.2. The van der Waals surface area contributed by atoms with E-state index in [2.05, 4.69) is 19.1 Å². The van der Waals surface area contributed by atoms with Crippen molar-refractivity contribution in [2.24, 2.45) is 5.73 Å². The minimum absolute atomic E-state index is 0. The highest BCUT2D eigenvalue weighted by atomic mass is 35.5. The van der Waals surface area contributed by atoms with Crippen LogP contribution >= 0.6 is 12.4 Å². The lowest BCUT2D eigenvalue weighted by atomic mass is 9.82. The van der Waals surface area contributed by atoms with Crippen LogP contribution in [-0.2, 0) is 4.79 Å². The van der Waals surface area contributed by atoms with Crippen molar-refractivity contribution in [1.82, 2.24) is 0 Å². The first-order valence-corrected chi connectivity index (χ1v) is 11.2. The van der Waals surface area contributed by atoms with Gasteiger partial charge in [0.2, 0.25) is 0 Å². The second-order valence-electron chi connectivity index (χ2n) is 8.04. The smallest absolute Gasteiger partial charge is 0.157 e. The van der Waals surface area contributed by atoms with E-state index in [4.69, 9.17) is 5.73 Å². The van der Waals surface area contributed by atoms with Crippen molar-refractivity contribution in [3.63, 3.8) is 0 Å². The number of nitrogens with two attached hydrogens (primary N) is 1. The van der Waals surface area contributed by atoms with Gasteiger partial charge in [0.25, 0.3) is 0 Å². The highest BCUT2D eigenvalue weighted by Gasteiger charge is 2.42. The number of ketones is 1. The maximum atomic E-state index is 12.2. The summed E-state index contributed by atoms with van der Waals surface area (Å²) in [6, 6.07) is 0. The van der Waals surface area contributed by atoms with E-state index in [0.717, 1.165) is 25.7 Å². The van der Waals surface area contributed by atoms with Gasteiger partial charge < -0.3 is 15.9 Å². The van der Waals surface area contributed by atoms with Gasteiger partial charge in [0.15, 0.2) is 5.78 Å². The summed E-state index contributed by atoms with van der Waals surface area (Å²) in [6.07, 6.45) is 18.6. The fraction of sp³-hybridized carbons (Fsp3) is 0.870. The van der Waals surface area contributed by atoms with Gasteiger partial charge in [-0.2, -0.15) is 0 Å². The monoisotopic (exact) mass is 419 g/mol. The van der Waals surface area contributed by atoms with Gasteiger partial charge >= 0.3 is 0 Å². The molecule has 0 saturated carbocycles. The molecule has 0 aliphatic heterocycles. The zero-order chi connectivity index (χ0) is 20.5. The number of hydrogen-bond acceptors (Lipinski definition) is 4. The van der Waals surface area contributed by atoms with Crippen LogP contribution < -0.4 is 5.73 Å². The largest absolute Gasteiger partial charge is 0.391 e. The molecule has 0 aromatic carbocycles. The zero-order valence-corrected chi connectivity index (χ0v) is 19.3. The normalized spacial score (nSPS) is 15.8. The van der Waals surface area contributed by atoms with Gasteiger partial charge in [-0.25, -0.2) is 0 Å². The second kappa shape index (κ2) is 18.6. The number of hydrogen-bond donors (Lipinski definition) is 3. The van der Waals surface area contributed by atoms with Crippen molar-refractivity contribution < 1.29 is 15.0 Å². The predicted octanol–water partition coefficient (Wildman–Crippen LogP) is 5.47. The van der Waals surface area contributed by atoms with Gasteiger partial charge in [-0.15, -0.1) is 12.4 Å². The molecule has 0 amide bonds. The molecule has 4 nitrogen and oxygen atoms in total. The summed E-state index contributed by atoms with van der Waals surface area (Å²) in [6.45, 7) is 5.18. The number of Topliss-reactive ketones (excluding diaryl/α,β-unsaturated/α-hetero) is 1. The summed E-state index contributed by atoms with van der Waals surface area (Å²) >= 11 is 0. The quantitative estimate of drug-likeness (QED) is 0.203. The van der Waals surface area contributed by atoms with Crippen LogP contribution in [0.15, 0.2) is 12.2 Å². The van der Waals surface area contributed by atoms with Gasteiger partial charge in [-0.3, -0.25) is 4.79 Å². The van der Waals surface area contributed by atoms with E-state index in [0.29, 0.717) is 6.42 Å². The first kappa shape index (κ1) is 29.8. The third-order valence-electron chi connectivity index (χ3n) is 5.53. The van der Waals surface area contributed by atoms with Crippen LogP contribution in [0.3, 0.4) is 0 Å². The SMILES string of the molecule is CCCCCCCCC=CCCCCCCCC(=O)C(N)(C(C)O)C(C)O.Cl. The lowest BCUT2D eigenvalue weighted by Gasteiger charge is -2.33. The fourth-order valence-electron chi connectivity index (χ4n) is 3.39. The minimum atomic E-state index is -1.54. The molecule has 0 bridgehead atoms. The van der Waals surface area contributed by atoms with Crippen molar-refractivity contribution in [1.29, 1.82) is 0 Å². The van der Waals surface area contributed by atoms with Crippen LogP contribution in [-0.4, -0.2) is 33.7 Å². The third kappa shape index (κ3) is 12.9. The van der Waals surface area contributed by atoms with Crippen LogP contribution in [0.4, 0.5) is 0 Å². The van der Waals surface area contributed by atoms with Crippen LogP contribution in [0.5, 0.6) is 0 Å². The molecule has 0 aliphatic rings. The van der Waals surface area contributed by atoms with Crippen molar-refractivity contribution >= 4 is 18.2 Å². The van der Waals surface area contributed by atoms with Crippen molar-refractivity contribution in [2.75, 3.05) is 0 Å². The van der Waals surface area contributed by atoms with E-state index < -0.39 is 17.7 Å². The molecule has 0 aromatic rings. The molecule has 0 spiro atoms. The van der Waals surface area contributed by atoms with E-state index >= 15 is 0 Å². The number of rotatable bonds is 18. The molecule has 0 aliphatic carbocycles. The topological polar surface area (TPSA) is 83.6 Å². The molecular weight excluding hydrogens is 374 g/mol. The van der Waals surface area contributed by atoms with Gasteiger partial charge in [-0.05, 0) is 46.0 Å². The number of unbranched alkanes of at least 4 members (excludes halogenated alkanes) is 11. The summed E-state index contributed by atoms with van der Waals surface area (Å²) in [5, 5.41) is 19.5. The van der Waals surface area contributed by atoms with E-state index in [9.17, 15) is 15.0 Å². The highest BCUT2D eigenvalue weighted by Crippen LogP contribution is 2.19. The summed E-state index contributed by atoms with van der Waals surface area (Å²) in [5.74, 6) is -0.245. The number of allylic oxidation sites excluding steroid dienone is 2. The molecule has 28 heavy (non-hydrogen) atoms. The molecule has 2 atom stereocenters. The van der Waals surface area contributed by atoms with Crippen molar-refractivity contribution in [2.45, 2.75) is 128 Å². The Morgan fingerprint density at radius 1 is 0.821 bits per heavy atom. The number of aliphatic hydroxyl groups is 2. The van der Waals surface area contributed by atoms with Crippen LogP contribution in [0.2, 0.25) is 0 Å². The van der Waals surface area contributed by atoms with Crippen molar-refractivity contribution in [3.8, 4) is 0 Å². The Hall–Kier alpha value is -0.420. The zero-order valence-electron chi connectivity index (χ0n) is 18.5. The van der Waals surface area contributed by atoms with Crippen molar-refractivity contribution in [3.05, 3.63) is 12.2 Å². The number of carbonyl (C=O) groups excluding carboxylic acids is 1. The average Bonchev–Trinajstić information content (AvgIpc) is 2.63. The standard InChI is InChI=1S/C23H45NO3.ClH/c1-4-5-6-7-8-9-10-11-12-13-14-15-16-17-18-19-22(27)23(24,20(2)25)21(3)26;/h11-12,20-21,25-26H,4-10,13-19,24H2,1-3H3;1H. The summed E-state index contributed by atoms with van der Waals surface area (Å²) < 4.78 is 0. The Morgan fingerprint density at radius 3 is 1.64 bits per heavy atom. The van der Waals surface area contributed by atoms with Crippen LogP contribution in [0, 0.1) is 0 Å². The van der Waals surface area contributed by atoms with Gasteiger partial charge in [0, 0.05) is 6.42 Å². The Balaban J connectivity index is 0. The average molecular weight is 420 g/mol. The molecule has 2 unspecified atom stereocenters. The molecular formula is C23H46ClNO3. The lowest BCUT2D eigenvalue weighted by molar-refractivity contribution is -0.133. The van der Waals surface area contributed by atoms with E-state index in [1.807, 2.05) is 0 Å². The maximum absolute atomic E-state index is 12.2. The maximum Gasteiger partial charge on any atom is 0.157 e. The van der Waals surface area contributed by atoms with E-state index in [1.54, 1.807) is 0 Å². The Kier molecular flexibility index (Phi) is 19.8. The number of aliphatic hydroxyl groups excluding tert-OH is 2. The Labute approximate surface area is 179 Å². The Morgan fingerprint density at radius 2 is 1.21 bits per heavy atom. The van der Waals surface area contributed by atoms with Crippen LogP contribution in [0.25, 0.3) is 0 Å². The molecule has 0 rings (SSSR count). The minimum Gasteiger partial charge on any atom is -0.391 e. The summed E-state index contributed by atoms with van der Waals surface area (Å²) in [5.41, 5.74) is 4.39. The van der Waals surface area contributed by atoms with Gasteiger partial charge in [0.1, 0.15) is 5.54 Å². The highest BCUT2D eigenvalue weighted by molar-refractivity contribution is 5.89. The van der Waals surface area contributed by atoms with Gasteiger partial charge in [0.05, 0.1) is 12.2 Å². The van der Waals surface area contributed by atoms with Gasteiger partial charge in [-0.1, -0.05) is 70.4 Å². The predicted molar refractivity (Wildman–Crippen MR) is 122 cm³/mol. The first-order valence-electron chi connectivity index (χ1n) is 11.2.